The van der Waals surface area contributed by atoms with Crippen LogP contribution in [0.5, 0.6) is 0 Å². The number of ether oxygens (including phenoxy) is 2. The van der Waals surface area contributed by atoms with Crippen LogP contribution >= 0.6 is 0 Å². The highest BCUT2D eigenvalue weighted by Gasteiger charge is 2.70. The Morgan fingerprint density at radius 1 is 1.03 bits per heavy atom. The molecule has 4 rings (SSSR count). The second-order valence-electron chi connectivity index (χ2n) is 14.0. The van der Waals surface area contributed by atoms with Crippen LogP contribution < -0.4 is 11.5 Å². The fourth-order valence-electron chi connectivity index (χ4n) is 10.1. The molecule has 0 aromatic carbocycles. The quantitative estimate of drug-likeness (QED) is 0.270. The summed E-state index contributed by atoms with van der Waals surface area (Å²) in [7, 11) is 1.44. The Morgan fingerprint density at radius 2 is 1.71 bits per heavy atom. The van der Waals surface area contributed by atoms with Crippen molar-refractivity contribution in [2.45, 2.75) is 118 Å². The summed E-state index contributed by atoms with van der Waals surface area (Å²) < 4.78 is 11.3. The molecule has 6 nitrogen and oxygen atoms in total. The molecule has 0 spiro atoms. The highest BCUT2D eigenvalue weighted by molar-refractivity contribution is 5.90. The van der Waals surface area contributed by atoms with E-state index in [0.717, 1.165) is 50.5 Å². The molecule has 4 fully saturated rings. The maximum Gasteiger partial charge on any atom is 0.333 e. The second kappa shape index (κ2) is 10.4. The second-order valence-corrected chi connectivity index (χ2v) is 14.0. The van der Waals surface area contributed by atoms with Crippen LogP contribution in [0, 0.1) is 39.9 Å². The lowest BCUT2D eigenvalue weighted by atomic mass is 9.36. The molecule has 0 amide bonds. The zero-order valence-corrected chi connectivity index (χ0v) is 25.1. The van der Waals surface area contributed by atoms with Crippen molar-refractivity contribution in [3.63, 3.8) is 0 Å². The molecule has 2 unspecified atom stereocenters. The van der Waals surface area contributed by atoms with Gasteiger partial charge in [0.2, 0.25) is 0 Å². The molecule has 0 radical (unpaired) electrons. The Hall–Kier alpha value is -1.66. The van der Waals surface area contributed by atoms with Gasteiger partial charge in [-0.25, -0.2) is 4.79 Å². The maximum atomic E-state index is 13.3. The molecule has 4 aliphatic carbocycles. The lowest BCUT2D eigenvalue weighted by molar-refractivity contribution is -0.194. The van der Waals surface area contributed by atoms with Crippen molar-refractivity contribution < 1.29 is 19.1 Å². The SMILES string of the molecule is COC(=O)/C(CCC=C(C)C)=C1\[C@@H](OC(C)=O)C[C@@]2(C)[C@H]1CC(N)[C@H]1[C@@]3(C)CCC(N)[C@@H](C)[C@@H]3CC[C@@]12C. The first-order valence-corrected chi connectivity index (χ1v) is 14.8. The third-order valence-corrected chi connectivity index (χ3v) is 11.9. The number of carbonyl (C=O) groups is 2. The van der Waals surface area contributed by atoms with Crippen molar-refractivity contribution >= 4 is 11.9 Å². The van der Waals surface area contributed by atoms with E-state index in [1.165, 1.54) is 19.6 Å². The fraction of sp³-hybridized carbons (Fsp3) is 0.812. The zero-order valence-electron chi connectivity index (χ0n) is 25.1. The molecule has 4 N–H and O–H groups in total. The van der Waals surface area contributed by atoms with E-state index in [-0.39, 0.29) is 46.2 Å². The average Bonchev–Trinajstić information content (AvgIpc) is 3.10. The number of rotatable bonds is 5. The van der Waals surface area contributed by atoms with Crippen LogP contribution in [0.1, 0.15) is 99.8 Å². The van der Waals surface area contributed by atoms with Crippen LogP contribution in [0.25, 0.3) is 0 Å². The van der Waals surface area contributed by atoms with Crippen molar-refractivity contribution in [1.29, 1.82) is 0 Å². The van der Waals surface area contributed by atoms with Crippen LogP contribution in [0.15, 0.2) is 22.8 Å². The van der Waals surface area contributed by atoms with Gasteiger partial charge in [-0.2, -0.15) is 0 Å². The van der Waals surface area contributed by atoms with Crippen LogP contribution in [-0.4, -0.2) is 37.2 Å². The summed E-state index contributed by atoms with van der Waals surface area (Å²) in [5.74, 6) is 0.882. The first-order valence-electron chi connectivity index (χ1n) is 14.8. The van der Waals surface area contributed by atoms with E-state index in [4.69, 9.17) is 20.9 Å². The molecule has 0 heterocycles. The van der Waals surface area contributed by atoms with Crippen molar-refractivity contribution in [3.8, 4) is 0 Å². The van der Waals surface area contributed by atoms with Gasteiger partial charge in [-0.1, -0.05) is 39.3 Å². The predicted molar refractivity (Wildman–Crippen MR) is 151 cm³/mol. The number of hydrogen-bond acceptors (Lipinski definition) is 6. The highest BCUT2D eigenvalue weighted by atomic mass is 16.5. The van der Waals surface area contributed by atoms with Crippen molar-refractivity contribution in [2.24, 2.45) is 51.4 Å². The fourth-order valence-corrected chi connectivity index (χ4v) is 10.1. The monoisotopic (exact) mass is 528 g/mol. The number of methoxy groups -OCH3 is 1. The van der Waals surface area contributed by atoms with E-state index >= 15 is 0 Å². The molecule has 4 saturated carbocycles. The summed E-state index contributed by atoms with van der Waals surface area (Å²) >= 11 is 0. The minimum absolute atomic E-state index is 0.00940. The standard InChI is InChI=1S/C32H52N2O4/c1-18(2)10-9-11-21(29(36)37-8)27-23-16-25(34)28-30(5)14-13-24(33)19(3)22(30)12-15-31(28,6)32(23,7)17-26(27)38-20(4)35/h10,19,22-26,28H,9,11-17,33-34H2,1-8H3/b27-21-/t19-,22-,23-,24?,25?,26-,28-,30-,31-,32-/m0/s1. The van der Waals surface area contributed by atoms with Gasteiger partial charge in [-0.3, -0.25) is 4.79 Å². The van der Waals surface area contributed by atoms with E-state index in [9.17, 15) is 9.59 Å². The largest absolute Gasteiger partial charge is 0.466 e. The molecular formula is C32H52N2O4. The molecule has 10 atom stereocenters. The Morgan fingerprint density at radius 3 is 2.32 bits per heavy atom. The molecule has 0 aromatic rings. The summed E-state index contributed by atoms with van der Waals surface area (Å²) in [6, 6.07) is 0.272. The molecule has 0 bridgehead atoms. The Kier molecular flexibility index (Phi) is 8.02. The lowest BCUT2D eigenvalue weighted by Crippen LogP contribution is -2.67. The van der Waals surface area contributed by atoms with Crippen LogP contribution in [0.2, 0.25) is 0 Å². The number of allylic oxidation sites excluding steroid dienone is 2. The predicted octanol–water partition coefficient (Wildman–Crippen LogP) is 5.69. The summed E-state index contributed by atoms with van der Waals surface area (Å²) in [5.41, 5.74) is 16.6. The minimum Gasteiger partial charge on any atom is -0.466 e. The first kappa shape index (κ1) is 29.3. The van der Waals surface area contributed by atoms with Gasteiger partial charge in [0.05, 0.1) is 7.11 Å². The molecule has 6 heteroatoms. The maximum absolute atomic E-state index is 13.3. The topological polar surface area (TPSA) is 105 Å². The number of carbonyl (C=O) groups excluding carboxylic acids is 2. The van der Waals surface area contributed by atoms with Gasteiger partial charge in [-0.15, -0.1) is 0 Å². The lowest BCUT2D eigenvalue weighted by Gasteiger charge is -2.69. The van der Waals surface area contributed by atoms with Gasteiger partial charge in [0.1, 0.15) is 6.10 Å². The zero-order chi connectivity index (χ0) is 28.2. The third-order valence-electron chi connectivity index (χ3n) is 11.9. The highest BCUT2D eigenvalue weighted by Crippen LogP contribution is 2.74. The summed E-state index contributed by atoms with van der Waals surface area (Å²) in [6.07, 6.45) is 8.97. The number of nitrogens with two attached hydrogens (primary N) is 2. The van der Waals surface area contributed by atoms with Crippen LogP contribution in [0.4, 0.5) is 0 Å². The molecule has 0 aliphatic heterocycles. The molecule has 4 aliphatic rings. The number of esters is 2. The van der Waals surface area contributed by atoms with E-state index in [1.807, 2.05) is 0 Å². The smallest absolute Gasteiger partial charge is 0.333 e. The Bertz CT molecular complexity index is 1010. The average molecular weight is 529 g/mol. The van der Waals surface area contributed by atoms with Crippen molar-refractivity contribution in [3.05, 3.63) is 22.8 Å². The summed E-state index contributed by atoms with van der Waals surface area (Å²) in [5, 5.41) is 0. The van der Waals surface area contributed by atoms with Gasteiger partial charge in [0.15, 0.2) is 0 Å². The number of fused-ring (bicyclic) bond motifs is 5. The van der Waals surface area contributed by atoms with Gasteiger partial charge in [-0.05, 0) is 111 Å². The van der Waals surface area contributed by atoms with Gasteiger partial charge in [0, 0.05) is 24.6 Å². The molecule has 38 heavy (non-hydrogen) atoms. The molecular weight excluding hydrogens is 476 g/mol. The minimum atomic E-state index is -0.421. The summed E-state index contributed by atoms with van der Waals surface area (Å²) in [6.45, 7) is 15.3. The van der Waals surface area contributed by atoms with Crippen LogP contribution in [-0.2, 0) is 19.1 Å². The molecule has 0 aromatic heterocycles. The Labute approximate surface area is 230 Å². The molecule has 214 valence electrons. The van der Waals surface area contributed by atoms with Crippen LogP contribution in [0.3, 0.4) is 0 Å². The van der Waals surface area contributed by atoms with Gasteiger partial charge < -0.3 is 20.9 Å². The van der Waals surface area contributed by atoms with E-state index in [2.05, 4.69) is 47.6 Å². The Balaban J connectivity index is 1.84. The van der Waals surface area contributed by atoms with Gasteiger partial charge >= 0.3 is 11.9 Å². The van der Waals surface area contributed by atoms with E-state index in [1.54, 1.807) is 0 Å². The van der Waals surface area contributed by atoms with Gasteiger partial charge in [0.25, 0.3) is 0 Å². The third kappa shape index (κ3) is 4.48. The van der Waals surface area contributed by atoms with Crippen molar-refractivity contribution in [2.75, 3.05) is 7.11 Å². The van der Waals surface area contributed by atoms with E-state index < -0.39 is 6.10 Å². The summed E-state index contributed by atoms with van der Waals surface area (Å²) in [4.78, 5) is 25.6. The number of hydrogen-bond donors (Lipinski definition) is 2. The van der Waals surface area contributed by atoms with Crippen molar-refractivity contribution in [1.82, 2.24) is 0 Å². The molecule has 0 saturated heterocycles. The first-order chi connectivity index (χ1) is 17.7. The van der Waals surface area contributed by atoms with E-state index in [0.29, 0.717) is 29.7 Å². The normalized spacial score (nSPS) is 45.3.